The largest absolute Gasteiger partial charge is 0.417 e. The van der Waals surface area contributed by atoms with Gasteiger partial charge in [0.15, 0.2) is 11.5 Å². The molecule has 1 amide bonds. The summed E-state index contributed by atoms with van der Waals surface area (Å²) in [7, 11) is 0. The molecular weight excluding hydrogens is 380 g/mol. The van der Waals surface area contributed by atoms with Crippen molar-refractivity contribution >= 4 is 17.5 Å². The Morgan fingerprint density at radius 1 is 1.27 bits per heavy atom. The molecule has 2 atom stereocenters. The first-order chi connectivity index (χ1) is 14.4. The van der Waals surface area contributed by atoms with Crippen LogP contribution in [0.2, 0.25) is 0 Å². The fourth-order valence-electron chi connectivity index (χ4n) is 4.65. The maximum atomic E-state index is 12.3. The highest BCUT2D eigenvalue weighted by Gasteiger charge is 2.28. The van der Waals surface area contributed by atoms with Gasteiger partial charge in [-0.1, -0.05) is 5.16 Å². The van der Waals surface area contributed by atoms with E-state index in [4.69, 9.17) is 9.26 Å². The number of aromatic nitrogens is 1. The Bertz CT molecular complexity index is 890. The average molecular weight is 413 g/mol. The molecule has 4 rings (SSSR count). The number of amides is 1. The number of rotatable bonds is 5. The van der Waals surface area contributed by atoms with E-state index < -0.39 is 6.09 Å². The van der Waals surface area contributed by atoms with Gasteiger partial charge in [0, 0.05) is 44.0 Å². The third-order valence-corrected chi connectivity index (χ3v) is 6.44. The summed E-state index contributed by atoms with van der Waals surface area (Å²) in [5, 5.41) is 6.63. The van der Waals surface area contributed by atoms with Crippen molar-refractivity contribution in [2.24, 2.45) is 5.92 Å². The van der Waals surface area contributed by atoms with Crippen molar-refractivity contribution in [3.63, 3.8) is 0 Å². The highest BCUT2D eigenvalue weighted by Crippen LogP contribution is 2.30. The number of anilines is 2. The quantitative estimate of drug-likeness (QED) is 0.778. The van der Waals surface area contributed by atoms with Crippen LogP contribution in [0.25, 0.3) is 0 Å². The zero-order valence-electron chi connectivity index (χ0n) is 18.4. The summed E-state index contributed by atoms with van der Waals surface area (Å²) in [6, 6.07) is 6.91. The molecule has 3 heterocycles. The van der Waals surface area contributed by atoms with Crippen molar-refractivity contribution in [1.82, 2.24) is 10.1 Å². The number of carbonyl (C=O) groups is 1. The molecule has 7 nitrogen and oxygen atoms in total. The molecule has 1 N–H and O–H groups in total. The predicted molar refractivity (Wildman–Crippen MR) is 117 cm³/mol. The molecule has 162 valence electrons. The standard InChI is InChI=1S/C23H32N4O3/c1-15-12-20(27-11-9-19(14-27)13-26-10-5-6-16(26)2)7-8-21(15)24-23(28)29-22-17(3)25-30-18(22)4/h7-8,12,16,19H,5-6,9-11,13-14H2,1-4H3,(H,24,28)/t16-,19+/m0/s1. The summed E-state index contributed by atoms with van der Waals surface area (Å²) in [5.74, 6) is 1.59. The molecular formula is C23H32N4O3. The molecule has 7 heteroatoms. The van der Waals surface area contributed by atoms with E-state index in [9.17, 15) is 4.79 Å². The molecule has 2 aliphatic heterocycles. The van der Waals surface area contributed by atoms with Crippen LogP contribution in [0.15, 0.2) is 22.7 Å². The van der Waals surface area contributed by atoms with Gasteiger partial charge in [-0.05, 0) is 76.3 Å². The lowest BCUT2D eigenvalue weighted by Gasteiger charge is -2.25. The highest BCUT2D eigenvalue weighted by atomic mass is 16.6. The van der Waals surface area contributed by atoms with E-state index in [1.807, 2.05) is 13.0 Å². The van der Waals surface area contributed by atoms with Gasteiger partial charge >= 0.3 is 6.09 Å². The normalized spacial score (nSPS) is 21.9. The van der Waals surface area contributed by atoms with Gasteiger partial charge in [0.2, 0.25) is 0 Å². The summed E-state index contributed by atoms with van der Waals surface area (Å²) in [6.45, 7) is 12.5. The van der Waals surface area contributed by atoms with E-state index in [2.05, 4.69) is 39.3 Å². The predicted octanol–water partition coefficient (Wildman–Crippen LogP) is 4.52. The van der Waals surface area contributed by atoms with Crippen molar-refractivity contribution in [3.05, 3.63) is 35.2 Å². The highest BCUT2D eigenvalue weighted by molar-refractivity contribution is 5.87. The lowest BCUT2D eigenvalue weighted by molar-refractivity contribution is 0.214. The van der Waals surface area contributed by atoms with Crippen LogP contribution < -0.4 is 15.0 Å². The molecule has 2 aliphatic rings. The average Bonchev–Trinajstić information content (AvgIpc) is 3.42. The summed E-state index contributed by atoms with van der Waals surface area (Å²) in [5.41, 5.74) is 3.53. The van der Waals surface area contributed by atoms with Gasteiger partial charge in [-0.2, -0.15) is 0 Å². The maximum absolute atomic E-state index is 12.3. The van der Waals surface area contributed by atoms with Gasteiger partial charge in [-0.3, -0.25) is 5.32 Å². The Labute approximate surface area is 178 Å². The second-order valence-electron chi connectivity index (χ2n) is 8.75. The molecule has 0 unspecified atom stereocenters. The van der Waals surface area contributed by atoms with Crippen LogP contribution in [0.3, 0.4) is 0 Å². The Hall–Kier alpha value is -2.54. The third-order valence-electron chi connectivity index (χ3n) is 6.44. The molecule has 2 saturated heterocycles. The Morgan fingerprint density at radius 2 is 2.10 bits per heavy atom. The summed E-state index contributed by atoms with van der Waals surface area (Å²) in [4.78, 5) is 17.4. The van der Waals surface area contributed by atoms with Gasteiger partial charge < -0.3 is 19.1 Å². The topological polar surface area (TPSA) is 70.8 Å². The molecule has 2 fully saturated rings. The molecule has 0 aliphatic carbocycles. The lowest BCUT2D eigenvalue weighted by Crippen LogP contribution is -2.33. The molecule has 30 heavy (non-hydrogen) atoms. The van der Waals surface area contributed by atoms with E-state index in [0.29, 0.717) is 17.2 Å². The Kier molecular flexibility index (Phi) is 5.99. The minimum absolute atomic E-state index is 0.372. The van der Waals surface area contributed by atoms with E-state index in [-0.39, 0.29) is 0 Å². The number of ether oxygens (including phenoxy) is 1. The number of hydrogen-bond donors (Lipinski definition) is 1. The number of nitrogens with one attached hydrogen (secondary N) is 1. The number of benzene rings is 1. The van der Waals surface area contributed by atoms with Crippen LogP contribution in [0, 0.1) is 26.7 Å². The number of carbonyl (C=O) groups excluding carboxylic acids is 1. The van der Waals surface area contributed by atoms with Crippen LogP contribution in [-0.2, 0) is 0 Å². The van der Waals surface area contributed by atoms with E-state index in [1.54, 1.807) is 13.8 Å². The Morgan fingerprint density at radius 3 is 2.77 bits per heavy atom. The van der Waals surface area contributed by atoms with Crippen LogP contribution >= 0.6 is 0 Å². The zero-order chi connectivity index (χ0) is 21.3. The van der Waals surface area contributed by atoms with Gasteiger partial charge in [0.25, 0.3) is 0 Å². The molecule has 1 aromatic carbocycles. The monoisotopic (exact) mass is 412 g/mol. The fraction of sp³-hybridized carbons (Fsp3) is 0.565. The van der Waals surface area contributed by atoms with Crippen LogP contribution in [-0.4, -0.2) is 48.4 Å². The SMILES string of the molecule is Cc1cc(N2CC[C@H](CN3CCC[C@@H]3C)C2)ccc1NC(=O)Oc1c(C)noc1C. The number of likely N-dealkylation sites (tertiary alicyclic amines) is 1. The zero-order valence-corrected chi connectivity index (χ0v) is 18.4. The molecule has 2 aromatic rings. The number of hydrogen-bond acceptors (Lipinski definition) is 6. The van der Waals surface area contributed by atoms with Crippen molar-refractivity contribution < 1.29 is 14.1 Å². The maximum Gasteiger partial charge on any atom is 0.417 e. The molecule has 0 bridgehead atoms. The summed E-state index contributed by atoms with van der Waals surface area (Å²) >= 11 is 0. The van der Waals surface area contributed by atoms with Gasteiger partial charge in [-0.25, -0.2) is 4.79 Å². The van der Waals surface area contributed by atoms with Crippen LogP contribution in [0.5, 0.6) is 5.75 Å². The summed E-state index contributed by atoms with van der Waals surface area (Å²) < 4.78 is 10.4. The van der Waals surface area contributed by atoms with Crippen molar-refractivity contribution in [3.8, 4) is 5.75 Å². The second kappa shape index (κ2) is 8.68. The number of aryl methyl sites for hydroxylation is 3. The molecule has 0 radical (unpaired) electrons. The van der Waals surface area contributed by atoms with Crippen molar-refractivity contribution in [1.29, 1.82) is 0 Å². The van der Waals surface area contributed by atoms with Crippen LogP contribution in [0.4, 0.5) is 16.2 Å². The fourth-order valence-corrected chi connectivity index (χ4v) is 4.65. The van der Waals surface area contributed by atoms with E-state index in [1.165, 1.54) is 38.0 Å². The number of nitrogens with zero attached hydrogens (tertiary/aromatic N) is 3. The van der Waals surface area contributed by atoms with Crippen molar-refractivity contribution in [2.75, 3.05) is 36.4 Å². The second-order valence-corrected chi connectivity index (χ2v) is 8.75. The first-order valence-corrected chi connectivity index (χ1v) is 10.9. The third kappa shape index (κ3) is 4.46. The van der Waals surface area contributed by atoms with E-state index >= 15 is 0 Å². The van der Waals surface area contributed by atoms with Gasteiger partial charge in [0.05, 0.1) is 0 Å². The molecule has 1 aromatic heterocycles. The van der Waals surface area contributed by atoms with Gasteiger partial charge in [0.1, 0.15) is 5.69 Å². The Balaban J connectivity index is 1.34. The van der Waals surface area contributed by atoms with E-state index in [0.717, 1.165) is 36.3 Å². The minimum atomic E-state index is -0.541. The van der Waals surface area contributed by atoms with Crippen LogP contribution in [0.1, 0.15) is 43.2 Å². The lowest BCUT2D eigenvalue weighted by atomic mass is 10.1. The molecule has 0 saturated carbocycles. The first-order valence-electron chi connectivity index (χ1n) is 10.9. The van der Waals surface area contributed by atoms with Gasteiger partial charge in [-0.15, -0.1) is 0 Å². The minimum Gasteiger partial charge on any atom is -0.404 e. The van der Waals surface area contributed by atoms with Crippen molar-refractivity contribution in [2.45, 2.75) is 53.0 Å². The smallest absolute Gasteiger partial charge is 0.404 e. The molecule has 0 spiro atoms. The first kappa shape index (κ1) is 20.7. The summed E-state index contributed by atoms with van der Waals surface area (Å²) in [6.07, 6.45) is 3.37.